The van der Waals surface area contributed by atoms with Crippen molar-refractivity contribution >= 4 is 17.6 Å². The number of hydrogen-bond acceptors (Lipinski definition) is 6. The molecule has 2 fully saturated rings. The van der Waals surface area contributed by atoms with E-state index < -0.39 is 0 Å². The third-order valence-corrected chi connectivity index (χ3v) is 3.92. The van der Waals surface area contributed by atoms with Crippen molar-refractivity contribution in [2.24, 2.45) is 5.92 Å². The molecular formula is C13H22N6. The van der Waals surface area contributed by atoms with Crippen LogP contribution < -0.4 is 21.3 Å². The monoisotopic (exact) mass is 262 g/mol. The van der Waals surface area contributed by atoms with Gasteiger partial charge in [0.2, 0.25) is 5.95 Å². The maximum atomic E-state index is 5.81. The fourth-order valence-corrected chi connectivity index (χ4v) is 2.48. The molecule has 1 unspecified atom stereocenters. The molecule has 6 nitrogen and oxygen atoms in total. The van der Waals surface area contributed by atoms with Gasteiger partial charge >= 0.3 is 0 Å². The second kappa shape index (κ2) is 5.21. The van der Waals surface area contributed by atoms with E-state index in [1.54, 1.807) is 0 Å². The van der Waals surface area contributed by atoms with E-state index >= 15 is 0 Å². The molecule has 3 rings (SSSR count). The highest BCUT2D eigenvalue weighted by molar-refractivity contribution is 5.53. The molecule has 1 aliphatic heterocycles. The quantitative estimate of drug-likeness (QED) is 0.724. The molecule has 0 bridgehead atoms. The largest absolute Gasteiger partial charge is 0.370 e. The van der Waals surface area contributed by atoms with Gasteiger partial charge in [-0.3, -0.25) is 0 Å². The van der Waals surface area contributed by atoms with E-state index in [4.69, 9.17) is 5.73 Å². The number of rotatable bonds is 5. The molecule has 2 aliphatic rings. The summed E-state index contributed by atoms with van der Waals surface area (Å²) in [6.07, 6.45) is 3.80. The third kappa shape index (κ3) is 3.07. The minimum absolute atomic E-state index is 0.351. The zero-order valence-corrected chi connectivity index (χ0v) is 11.4. The summed E-state index contributed by atoms with van der Waals surface area (Å²) in [5.74, 6) is 2.95. The van der Waals surface area contributed by atoms with Crippen molar-refractivity contribution in [1.29, 1.82) is 0 Å². The molecular weight excluding hydrogens is 240 g/mol. The van der Waals surface area contributed by atoms with Crippen LogP contribution in [0, 0.1) is 5.92 Å². The first kappa shape index (κ1) is 12.5. The SMILES string of the molecule is CNC1CCN(c2cc(NCC3CC3)nc(N)n2)C1. The zero-order valence-electron chi connectivity index (χ0n) is 11.4. The number of anilines is 3. The zero-order chi connectivity index (χ0) is 13.2. The Morgan fingerprint density at radius 1 is 1.37 bits per heavy atom. The van der Waals surface area contributed by atoms with E-state index in [1.807, 2.05) is 13.1 Å². The van der Waals surface area contributed by atoms with Gasteiger partial charge in [0.05, 0.1) is 0 Å². The normalized spacial score (nSPS) is 22.8. The fourth-order valence-electron chi connectivity index (χ4n) is 2.48. The molecule has 0 spiro atoms. The second-order valence-electron chi connectivity index (χ2n) is 5.51. The van der Waals surface area contributed by atoms with Crippen LogP contribution >= 0.6 is 0 Å². The number of nitrogen functional groups attached to an aromatic ring is 1. The van der Waals surface area contributed by atoms with Crippen LogP contribution in [0.3, 0.4) is 0 Å². The minimum atomic E-state index is 0.351. The summed E-state index contributed by atoms with van der Waals surface area (Å²) in [4.78, 5) is 10.9. The van der Waals surface area contributed by atoms with E-state index in [1.165, 1.54) is 12.8 Å². The molecule has 0 radical (unpaired) electrons. The predicted octanol–water partition coefficient (Wildman–Crippen LogP) is 0.679. The van der Waals surface area contributed by atoms with E-state index in [0.29, 0.717) is 12.0 Å². The van der Waals surface area contributed by atoms with E-state index in [0.717, 1.165) is 43.6 Å². The van der Waals surface area contributed by atoms with Crippen LogP contribution in [0.4, 0.5) is 17.6 Å². The van der Waals surface area contributed by atoms with E-state index in [2.05, 4.69) is 25.5 Å². The molecule has 2 heterocycles. The molecule has 4 N–H and O–H groups in total. The lowest BCUT2D eigenvalue weighted by Crippen LogP contribution is -2.30. The van der Waals surface area contributed by atoms with Crippen molar-refractivity contribution < 1.29 is 0 Å². The molecule has 19 heavy (non-hydrogen) atoms. The van der Waals surface area contributed by atoms with Gasteiger partial charge in [0.1, 0.15) is 11.6 Å². The number of likely N-dealkylation sites (N-methyl/N-ethyl adjacent to an activating group) is 1. The highest BCUT2D eigenvalue weighted by atomic mass is 15.3. The Kier molecular flexibility index (Phi) is 3.42. The van der Waals surface area contributed by atoms with Gasteiger partial charge in [-0.2, -0.15) is 9.97 Å². The summed E-state index contributed by atoms with van der Waals surface area (Å²) in [6.45, 7) is 2.99. The molecule has 1 aliphatic carbocycles. The van der Waals surface area contributed by atoms with E-state index in [-0.39, 0.29) is 0 Å². The minimum Gasteiger partial charge on any atom is -0.370 e. The van der Waals surface area contributed by atoms with Gasteiger partial charge in [-0.15, -0.1) is 0 Å². The Bertz CT molecular complexity index is 445. The van der Waals surface area contributed by atoms with Crippen molar-refractivity contribution in [3.05, 3.63) is 6.07 Å². The van der Waals surface area contributed by atoms with Crippen molar-refractivity contribution in [1.82, 2.24) is 15.3 Å². The molecule has 104 valence electrons. The summed E-state index contributed by atoms with van der Waals surface area (Å²) in [5, 5.41) is 6.67. The van der Waals surface area contributed by atoms with Crippen LogP contribution in [0.5, 0.6) is 0 Å². The Morgan fingerprint density at radius 3 is 2.89 bits per heavy atom. The van der Waals surface area contributed by atoms with Gasteiger partial charge in [-0.05, 0) is 32.2 Å². The molecule has 1 saturated carbocycles. The van der Waals surface area contributed by atoms with Gasteiger partial charge in [-0.1, -0.05) is 0 Å². The van der Waals surface area contributed by atoms with Crippen LogP contribution in [-0.2, 0) is 0 Å². The number of nitrogens with zero attached hydrogens (tertiary/aromatic N) is 3. The van der Waals surface area contributed by atoms with Crippen LogP contribution in [0.1, 0.15) is 19.3 Å². The van der Waals surface area contributed by atoms with E-state index in [9.17, 15) is 0 Å². The Balaban J connectivity index is 1.69. The predicted molar refractivity (Wildman–Crippen MR) is 77.3 cm³/mol. The first-order chi connectivity index (χ1) is 9.24. The van der Waals surface area contributed by atoms with Gasteiger partial charge in [0.15, 0.2) is 0 Å². The Labute approximate surface area is 113 Å². The number of aromatic nitrogens is 2. The number of nitrogens with two attached hydrogens (primary N) is 1. The van der Waals surface area contributed by atoms with Crippen LogP contribution in [0.25, 0.3) is 0 Å². The Hall–Kier alpha value is -1.56. The average Bonchev–Trinajstić information content (AvgIpc) is 3.11. The van der Waals surface area contributed by atoms with Gasteiger partial charge < -0.3 is 21.3 Å². The highest BCUT2D eigenvalue weighted by Gasteiger charge is 2.24. The summed E-state index contributed by atoms with van der Waals surface area (Å²) in [5.41, 5.74) is 5.81. The first-order valence-corrected chi connectivity index (χ1v) is 7.05. The molecule has 1 aromatic heterocycles. The van der Waals surface area contributed by atoms with Gasteiger partial charge in [0, 0.05) is 31.7 Å². The fraction of sp³-hybridized carbons (Fsp3) is 0.692. The van der Waals surface area contributed by atoms with Crippen LogP contribution in [0.15, 0.2) is 6.07 Å². The van der Waals surface area contributed by atoms with Crippen molar-refractivity contribution in [3.63, 3.8) is 0 Å². The van der Waals surface area contributed by atoms with Crippen LogP contribution in [-0.4, -0.2) is 42.7 Å². The number of hydrogen-bond donors (Lipinski definition) is 3. The lowest BCUT2D eigenvalue weighted by molar-refractivity contribution is 0.616. The van der Waals surface area contributed by atoms with Gasteiger partial charge in [0.25, 0.3) is 0 Å². The topological polar surface area (TPSA) is 79.1 Å². The standard InChI is InChI=1S/C13H22N6/c1-15-10-4-5-19(8-10)12-6-11(17-13(14)18-12)16-7-9-2-3-9/h6,9-10,15H,2-5,7-8H2,1H3,(H3,14,16,17,18). The maximum absolute atomic E-state index is 5.81. The third-order valence-electron chi connectivity index (χ3n) is 3.92. The Morgan fingerprint density at radius 2 is 2.21 bits per heavy atom. The highest BCUT2D eigenvalue weighted by Crippen LogP contribution is 2.29. The van der Waals surface area contributed by atoms with Crippen molar-refractivity contribution in [3.8, 4) is 0 Å². The first-order valence-electron chi connectivity index (χ1n) is 7.05. The lowest BCUT2D eigenvalue weighted by atomic mass is 10.3. The molecule has 0 amide bonds. The molecule has 1 atom stereocenters. The molecule has 1 saturated heterocycles. The summed E-state index contributed by atoms with van der Waals surface area (Å²) >= 11 is 0. The second-order valence-corrected chi connectivity index (χ2v) is 5.51. The smallest absolute Gasteiger partial charge is 0.223 e. The summed E-state index contributed by atoms with van der Waals surface area (Å²) in [6, 6.07) is 2.55. The molecule has 1 aromatic rings. The summed E-state index contributed by atoms with van der Waals surface area (Å²) in [7, 11) is 2.01. The van der Waals surface area contributed by atoms with Crippen molar-refractivity contribution in [2.75, 3.05) is 42.6 Å². The van der Waals surface area contributed by atoms with Gasteiger partial charge in [-0.25, -0.2) is 0 Å². The van der Waals surface area contributed by atoms with Crippen molar-refractivity contribution in [2.45, 2.75) is 25.3 Å². The van der Waals surface area contributed by atoms with Crippen LogP contribution in [0.2, 0.25) is 0 Å². The molecule has 6 heteroatoms. The average molecular weight is 262 g/mol. The summed E-state index contributed by atoms with van der Waals surface area (Å²) < 4.78 is 0. The lowest BCUT2D eigenvalue weighted by Gasteiger charge is -2.18. The maximum Gasteiger partial charge on any atom is 0.223 e. The molecule has 0 aromatic carbocycles. The number of nitrogens with one attached hydrogen (secondary N) is 2.